The highest BCUT2D eigenvalue weighted by Crippen LogP contribution is 2.12. The zero-order valence-electron chi connectivity index (χ0n) is 15.6. The molecule has 0 fully saturated rings. The minimum atomic E-state index is -0.238. The highest BCUT2D eigenvalue weighted by molar-refractivity contribution is 5.89. The third-order valence-electron chi connectivity index (χ3n) is 3.99. The number of hydrogen-bond donors (Lipinski definition) is 2. The monoisotopic (exact) mass is 376 g/mol. The van der Waals surface area contributed by atoms with E-state index in [-0.39, 0.29) is 6.03 Å². The van der Waals surface area contributed by atoms with Crippen LogP contribution in [0.25, 0.3) is 0 Å². The summed E-state index contributed by atoms with van der Waals surface area (Å²) in [6, 6.07) is 26.8. The molecule has 0 aromatic heterocycles. The summed E-state index contributed by atoms with van der Waals surface area (Å²) in [5.74, 6) is 0.832. The lowest BCUT2D eigenvalue weighted by molar-refractivity contribution is 0.0889. The average Bonchev–Trinajstić information content (AvgIpc) is 2.74. The van der Waals surface area contributed by atoms with Gasteiger partial charge in [0, 0.05) is 12.2 Å². The van der Waals surface area contributed by atoms with Crippen molar-refractivity contribution in [2.24, 2.45) is 0 Å². The van der Waals surface area contributed by atoms with Gasteiger partial charge in [0.05, 0.1) is 13.2 Å². The predicted molar refractivity (Wildman–Crippen MR) is 110 cm³/mol. The number of carbonyl (C=O) groups excluding carboxylic acids is 1. The molecule has 0 aliphatic rings. The molecule has 0 spiro atoms. The predicted octanol–water partition coefficient (Wildman–Crippen LogP) is 4.60. The first-order chi connectivity index (χ1) is 13.8. The zero-order valence-corrected chi connectivity index (χ0v) is 15.6. The van der Waals surface area contributed by atoms with Crippen LogP contribution in [0.15, 0.2) is 84.9 Å². The lowest BCUT2D eigenvalue weighted by Gasteiger charge is -2.10. The second kappa shape index (κ2) is 10.7. The second-order valence-electron chi connectivity index (χ2n) is 6.21. The van der Waals surface area contributed by atoms with Crippen molar-refractivity contribution in [2.75, 3.05) is 18.5 Å². The van der Waals surface area contributed by atoms with E-state index >= 15 is 0 Å². The molecule has 0 aliphatic carbocycles. The first kappa shape index (κ1) is 19.5. The molecule has 3 aromatic rings. The number of hydrogen-bond acceptors (Lipinski definition) is 3. The molecule has 5 heteroatoms. The number of para-hydroxylation sites is 1. The molecule has 0 saturated heterocycles. The summed E-state index contributed by atoms with van der Waals surface area (Å²) in [7, 11) is 0. The van der Waals surface area contributed by atoms with Crippen molar-refractivity contribution in [1.82, 2.24) is 5.32 Å². The number of rotatable bonds is 9. The van der Waals surface area contributed by atoms with Gasteiger partial charge >= 0.3 is 6.03 Å². The van der Waals surface area contributed by atoms with E-state index in [0.717, 1.165) is 22.6 Å². The number of nitrogens with one attached hydrogen (secondary N) is 2. The van der Waals surface area contributed by atoms with Gasteiger partial charge < -0.3 is 20.1 Å². The van der Waals surface area contributed by atoms with E-state index in [9.17, 15) is 4.79 Å². The highest BCUT2D eigenvalue weighted by atomic mass is 16.5. The van der Waals surface area contributed by atoms with Crippen molar-refractivity contribution in [2.45, 2.75) is 13.2 Å². The van der Waals surface area contributed by atoms with Crippen LogP contribution in [0.4, 0.5) is 10.5 Å². The summed E-state index contributed by atoms with van der Waals surface area (Å²) in [4.78, 5) is 12.1. The topological polar surface area (TPSA) is 59.6 Å². The van der Waals surface area contributed by atoms with Gasteiger partial charge in [-0.25, -0.2) is 4.79 Å². The zero-order chi connectivity index (χ0) is 19.4. The Kier molecular flexibility index (Phi) is 7.46. The molecule has 28 heavy (non-hydrogen) atoms. The SMILES string of the molecule is O=C(NCc1ccccc1)Nc1cccc(COCCOc2ccccc2)c1. The molecule has 0 saturated carbocycles. The molecule has 0 aliphatic heterocycles. The molecule has 0 radical (unpaired) electrons. The van der Waals surface area contributed by atoms with E-state index < -0.39 is 0 Å². The van der Waals surface area contributed by atoms with E-state index in [2.05, 4.69) is 10.6 Å². The van der Waals surface area contributed by atoms with Crippen LogP contribution in [0.2, 0.25) is 0 Å². The Morgan fingerprint density at radius 3 is 2.29 bits per heavy atom. The maximum atomic E-state index is 12.1. The summed E-state index contributed by atoms with van der Waals surface area (Å²) in [6.07, 6.45) is 0. The van der Waals surface area contributed by atoms with Crippen LogP contribution in [-0.4, -0.2) is 19.2 Å². The minimum Gasteiger partial charge on any atom is -0.491 e. The molecular formula is C23H24N2O3. The van der Waals surface area contributed by atoms with E-state index in [1.807, 2.05) is 84.9 Å². The fourth-order valence-corrected chi connectivity index (χ4v) is 2.62. The van der Waals surface area contributed by atoms with E-state index in [1.54, 1.807) is 0 Å². The summed E-state index contributed by atoms with van der Waals surface area (Å²) in [5.41, 5.74) is 2.77. The normalized spacial score (nSPS) is 10.3. The van der Waals surface area contributed by atoms with Crippen molar-refractivity contribution in [1.29, 1.82) is 0 Å². The fourth-order valence-electron chi connectivity index (χ4n) is 2.62. The number of anilines is 1. The maximum absolute atomic E-state index is 12.1. The minimum absolute atomic E-state index is 0.238. The third kappa shape index (κ3) is 6.78. The Balaban J connectivity index is 1.37. The Hall–Kier alpha value is -3.31. The summed E-state index contributed by atoms with van der Waals surface area (Å²) in [5, 5.41) is 5.69. The van der Waals surface area contributed by atoms with Gasteiger partial charge in [-0.2, -0.15) is 0 Å². The molecule has 3 aromatic carbocycles. The van der Waals surface area contributed by atoms with Gasteiger partial charge in [-0.3, -0.25) is 0 Å². The van der Waals surface area contributed by atoms with Crippen molar-refractivity contribution >= 4 is 11.7 Å². The first-order valence-corrected chi connectivity index (χ1v) is 9.23. The molecule has 5 nitrogen and oxygen atoms in total. The van der Waals surface area contributed by atoms with Crippen molar-refractivity contribution in [3.63, 3.8) is 0 Å². The number of ether oxygens (including phenoxy) is 2. The molecule has 2 N–H and O–H groups in total. The number of carbonyl (C=O) groups is 1. The fraction of sp³-hybridized carbons (Fsp3) is 0.174. The van der Waals surface area contributed by atoms with Crippen LogP contribution in [-0.2, 0) is 17.9 Å². The van der Waals surface area contributed by atoms with Crippen LogP contribution < -0.4 is 15.4 Å². The summed E-state index contributed by atoms with van der Waals surface area (Å²) in [6.45, 7) is 1.92. The molecule has 0 heterocycles. The van der Waals surface area contributed by atoms with Crippen molar-refractivity contribution in [3.05, 3.63) is 96.1 Å². The second-order valence-corrected chi connectivity index (χ2v) is 6.21. The molecule has 3 rings (SSSR count). The summed E-state index contributed by atoms with van der Waals surface area (Å²) >= 11 is 0. The van der Waals surface area contributed by atoms with Gasteiger partial charge in [0.25, 0.3) is 0 Å². The Morgan fingerprint density at radius 1 is 0.786 bits per heavy atom. The maximum Gasteiger partial charge on any atom is 0.319 e. The number of amides is 2. The number of urea groups is 1. The highest BCUT2D eigenvalue weighted by Gasteiger charge is 2.03. The smallest absolute Gasteiger partial charge is 0.319 e. The van der Waals surface area contributed by atoms with Crippen molar-refractivity contribution < 1.29 is 14.3 Å². The standard InChI is InChI=1S/C23H24N2O3/c26-23(24-17-19-8-3-1-4-9-19)25-21-11-7-10-20(16-21)18-27-14-15-28-22-12-5-2-6-13-22/h1-13,16H,14-15,17-18H2,(H2,24,25,26). The molecule has 0 atom stereocenters. The quantitative estimate of drug-likeness (QED) is 0.537. The summed E-state index contributed by atoms with van der Waals surface area (Å²) < 4.78 is 11.2. The third-order valence-corrected chi connectivity index (χ3v) is 3.99. The Morgan fingerprint density at radius 2 is 1.50 bits per heavy atom. The van der Waals surface area contributed by atoms with Crippen LogP contribution in [0.5, 0.6) is 5.75 Å². The molecule has 0 unspecified atom stereocenters. The van der Waals surface area contributed by atoms with Crippen LogP contribution in [0.1, 0.15) is 11.1 Å². The lowest BCUT2D eigenvalue weighted by Crippen LogP contribution is -2.28. The molecule has 2 amide bonds. The van der Waals surface area contributed by atoms with Gasteiger partial charge in [-0.05, 0) is 35.4 Å². The van der Waals surface area contributed by atoms with Crippen LogP contribution in [0.3, 0.4) is 0 Å². The van der Waals surface area contributed by atoms with Gasteiger partial charge in [-0.15, -0.1) is 0 Å². The number of benzene rings is 3. The average molecular weight is 376 g/mol. The van der Waals surface area contributed by atoms with Gasteiger partial charge in [0.1, 0.15) is 12.4 Å². The van der Waals surface area contributed by atoms with E-state index in [0.29, 0.717) is 26.4 Å². The first-order valence-electron chi connectivity index (χ1n) is 9.23. The van der Waals surface area contributed by atoms with Crippen LogP contribution >= 0.6 is 0 Å². The lowest BCUT2D eigenvalue weighted by atomic mass is 10.2. The van der Waals surface area contributed by atoms with Gasteiger partial charge in [0.15, 0.2) is 0 Å². The largest absolute Gasteiger partial charge is 0.491 e. The Labute approximate surface area is 165 Å². The molecule has 0 bridgehead atoms. The van der Waals surface area contributed by atoms with Gasteiger partial charge in [-0.1, -0.05) is 60.7 Å². The van der Waals surface area contributed by atoms with Crippen LogP contribution in [0, 0.1) is 0 Å². The van der Waals surface area contributed by atoms with E-state index in [4.69, 9.17) is 9.47 Å². The Bertz CT molecular complexity index is 854. The molecule has 144 valence electrons. The van der Waals surface area contributed by atoms with E-state index in [1.165, 1.54) is 0 Å². The van der Waals surface area contributed by atoms with Crippen molar-refractivity contribution in [3.8, 4) is 5.75 Å². The van der Waals surface area contributed by atoms with Gasteiger partial charge in [0.2, 0.25) is 0 Å². The molecular weight excluding hydrogens is 352 g/mol.